The van der Waals surface area contributed by atoms with Crippen molar-refractivity contribution >= 4 is 42.1 Å². The van der Waals surface area contributed by atoms with E-state index in [4.69, 9.17) is 0 Å². The standard InChI is InChI=1S/C18H29N3OS.2ClH/c1-18(2,3)15-11-23-17(21-15)6-7-19-16(22)10-12-8-13-4-5-14(9-12)20-13;;/h11-14,20H,4-10H2,1-3H3,(H,19,22);2*1H. The van der Waals surface area contributed by atoms with Gasteiger partial charge in [0.15, 0.2) is 0 Å². The van der Waals surface area contributed by atoms with Gasteiger partial charge in [0, 0.05) is 42.3 Å². The van der Waals surface area contributed by atoms with Crippen LogP contribution in [0.1, 0.15) is 63.6 Å². The molecule has 2 N–H and O–H groups in total. The quantitative estimate of drug-likeness (QED) is 0.778. The molecule has 1 amide bonds. The van der Waals surface area contributed by atoms with Crippen LogP contribution in [0.3, 0.4) is 0 Å². The van der Waals surface area contributed by atoms with Crippen LogP contribution in [-0.4, -0.2) is 29.5 Å². The number of hydrogen-bond acceptors (Lipinski definition) is 4. The summed E-state index contributed by atoms with van der Waals surface area (Å²) in [4.78, 5) is 16.8. The van der Waals surface area contributed by atoms with Crippen molar-refractivity contribution in [2.75, 3.05) is 6.54 Å². The average molecular weight is 408 g/mol. The van der Waals surface area contributed by atoms with E-state index in [2.05, 4.69) is 41.8 Å². The number of rotatable bonds is 5. The molecule has 0 aromatic carbocycles. The minimum atomic E-state index is 0. The maximum Gasteiger partial charge on any atom is 0.220 e. The zero-order valence-corrected chi connectivity index (χ0v) is 17.8. The Kier molecular flexibility index (Phi) is 8.65. The van der Waals surface area contributed by atoms with Gasteiger partial charge in [-0.3, -0.25) is 4.79 Å². The Morgan fingerprint density at radius 3 is 2.48 bits per heavy atom. The molecule has 144 valence electrons. The molecule has 3 rings (SSSR count). The summed E-state index contributed by atoms with van der Waals surface area (Å²) in [5.74, 6) is 0.782. The highest BCUT2D eigenvalue weighted by Crippen LogP contribution is 2.32. The van der Waals surface area contributed by atoms with Crippen molar-refractivity contribution in [3.8, 4) is 0 Å². The summed E-state index contributed by atoms with van der Waals surface area (Å²) in [6.45, 7) is 7.24. The second-order valence-electron chi connectivity index (χ2n) is 8.16. The number of halogens is 2. The van der Waals surface area contributed by atoms with Crippen molar-refractivity contribution in [2.45, 2.75) is 76.8 Å². The number of carbonyl (C=O) groups excluding carboxylic acids is 1. The number of fused-ring (bicyclic) bond motifs is 2. The number of thiazole rings is 1. The van der Waals surface area contributed by atoms with E-state index in [0.717, 1.165) is 17.1 Å². The summed E-state index contributed by atoms with van der Waals surface area (Å²) in [7, 11) is 0. The Bertz CT molecular complexity index is 547. The first-order valence-corrected chi connectivity index (χ1v) is 9.76. The van der Waals surface area contributed by atoms with Crippen molar-refractivity contribution in [1.29, 1.82) is 0 Å². The van der Waals surface area contributed by atoms with E-state index in [9.17, 15) is 4.79 Å². The van der Waals surface area contributed by atoms with E-state index in [0.29, 0.717) is 31.0 Å². The molecular formula is C18H31Cl2N3OS. The highest BCUT2D eigenvalue weighted by atomic mass is 35.5. The zero-order chi connectivity index (χ0) is 16.4. The van der Waals surface area contributed by atoms with Gasteiger partial charge in [0.25, 0.3) is 0 Å². The number of carbonyl (C=O) groups is 1. The number of nitrogens with zero attached hydrogens (tertiary/aromatic N) is 1. The van der Waals surface area contributed by atoms with E-state index in [-0.39, 0.29) is 36.1 Å². The van der Waals surface area contributed by atoms with Gasteiger partial charge in [0.2, 0.25) is 5.91 Å². The van der Waals surface area contributed by atoms with Gasteiger partial charge in [-0.1, -0.05) is 20.8 Å². The second kappa shape index (κ2) is 9.54. The lowest BCUT2D eigenvalue weighted by molar-refractivity contribution is -0.122. The highest BCUT2D eigenvalue weighted by Gasteiger charge is 2.34. The normalized spacial score (nSPS) is 25.0. The first-order chi connectivity index (χ1) is 10.9. The van der Waals surface area contributed by atoms with Crippen LogP contribution in [0.25, 0.3) is 0 Å². The minimum Gasteiger partial charge on any atom is -0.356 e. The molecule has 2 unspecified atom stereocenters. The molecule has 4 nitrogen and oxygen atoms in total. The number of nitrogens with one attached hydrogen (secondary N) is 2. The van der Waals surface area contributed by atoms with Gasteiger partial charge >= 0.3 is 0 Å². The smallest absolute Gasteiger partial charge is 0.220 e. The highest BCUT2D eigenvalue weighted by molar-refractivity contribution is 7.09. The molecule has 2 aliphatic heterocycles. The molecule has 2 saturated heterocycles. The summed E-state index contributed by atoms with van der Waals surface area (Å²) in [6.07, 6.45) is 6.46. The fourth-order valence-corrected chi connectivity index (χ4v) is 4.78. The third kappa shape index (κ3) is 6.38. The Morgan fingerprint density at radius 2 is 1.92 bits per heavy atom. The van der Waals surface area contributed by atoms with Crippen LogP contribution in [0.15, 0.2) is 5.38 Å². The third-order valence-electron chi connectivity index (χ3n) is 5.03. The second-order valence-corrected chi connectivity index (χ2v) is 9.10. The summed E-state index contributed by atoms with van der Waals surface area (Å²) >= 11 is 1.70. The van der Waals surface area contributed by atoms with Crippen molar-refractivity contribution in [3.63, 3.8) is 0 Å². The average Bonchev–Trinajstić information content (AvgIpc) is 3.05. The van der Waals surface area contributed by atoms with Crippen LogP contribution in [0.5, 0.6) is 0 Å². The molecule has 1 aromatic heterocycles. The largest absolute Gasteiger partial charge is 0.356 e. The van der Waals surface area contributed by atoms with Crippen LogP contribution in [0.2, 0.25) is 0 Å². The SMILES string of the molecule is CC(C)(C)c1csc(CCNC(=O)CC2CC3CCC(C2)N3)n1.Cl.Cl. The molecule has 2 aliphatic rings. The van der Waals surface area contributed by atoms with Crippen LogP contribution in [-0.2, 0) is 16.6 Å². The molecule has 3 heterocycles. The van der Waals surface area contributed by atoms with E-state index in [1.165, 1.54) is 25.7 Å². The van der Waals surface area contributed by atoms with Crippen LogP contribution in [0, 0.1) is 5.92 Å². The van der Waals surface area contributed by atoms with E-state index in [1.807, 2.05) is 0 Å². The van der Waals surface area contributed by atoms with Crippen LogP contribution < -0.4 is 10.6 Å². The van der Waals surface area contributed by atoms with Gasteiger partial charge in [-0.15, -0.1) is 36.2 Å². The predicted octanol–water partition coefficient (Wildman–Crippen LogP) is 3.86. The summed E-state index contributed by atoms with van der Waals surface area (Å²) in [5, 5.41) is 9.98. The predicted molar refractivity (Wildman–Crippen MR) is 109 cm³/mol. The lowest BCUT2D eigenvalue weighted by Gasteiger charge is -2.28. The van der Waals surface area contributed by atoms with Gasteiger partial charge in [-0.2, -0.15) is 0 Å². The minimum absolute atomic E-state index is 0. The van der Waals surface area contributed by atoms with Crippen molar-refractivity contribution in [2.24, 2.45) is 5.92 Å². The maximum absolute atomic E-state index is 12.2. The first-order valence-electron chi connectivity index (χ1n) is 8.88. The molecule has 0 aliphatic carbocycles. The van der Waals surface area contributed by atoms with Gasteiger partial charge in [0.05, 0.1) is 10.7 Å². The molecule has 2 bridgehead atoms. The summed E-state index contributed by atoms with van der Waals surface area (Å²) < 4.78 is 0. The number of amides is 1. The van der Waals surface area contributed by atoms with E-state index in [1.54, 1.807) is 11.3 Å². The molecule has 0 radical (unpaired) electrons. The number of hydrogen-bond donors (Lipinski definition) is 2. The Hall–Kier alpha value is -0.360. The lowest BCUT2D eigenvalue weighted by Crippen LogP contribution is -2.39. The molecular weight excluding hydrogens is 377 g/mol. The van der Waals surface area contributed by atoms with Gasteiger partial charge in [-0.05, 0) is 31.6 Å². The van der Waals surface area contributed by atoms with E-state index >= 15 is 0 Å². The molecule has 0 saturated carbocycles. The van der Waals surface area contributed by atoms with Crippen LogP contribution in [0.4, 0.5) is 0 Å². The monoisotopic (exact) mass is 407 g/mol. The molecule has 25 heavy (non-hydrogen) atoms. The molecule has 1 aromatic rings. The van der Waals surface area contributed by atoms with Gasteiger partial charge in [-0.25, -0.2) is 4.98 Å². The number of aromatic nitrogens is 1. The Morgan fingerprint density at radius 1 is 1.28 bits per heavy atom. The van der Waals surface area contributed by atoms with Crippen molar-refractivity contribution < 1.29 is 4.79 Å². The molecule has 2 fully saturated rings. The lowest BCUT2D eigenvalue weighted by atomic mass is 9.89. The fraction of sp³-hybridized carbons (Fsp3) is 0.778. The topological polar surface area (TPSA) is 54.0 Å². The number of piperidine rings is 1. The van der Waals surface area contributed by atoms with Crippen LogP contribution >= 0.6 is 36.2 Å². The van der Waals surface area contributed by atoms with Crippen molar-refractivity contribution in [1.82, 2.24) is 15.6 Å². The molecule has 2 atom stereocenters. The molecule has 7 heteroatoms. The van der Waals surface area contributed by atoms with Gasteiger partial charge < -0.3 is 10.6 Å². The molecule has 0 spiro atoms. The first kappa shape index (κ1) is 22.7. The van der Waals surface area contributed by atoms with Gasteiger partial charge in [0.1, 0.15) is 0 Å². The third-order valence-corrected chi connectivity index (χ3v) is 5.93. The maximum atomic E-state index is 12.2. The fourth-order valence-electron chi connectivity index (χ4n) is 3.76. The Labute approximate surface area is 167 Å². The Balaban J connectivity index is 0.00000156. The summed E-state index contributed by atoms with van der Waals surface area (Å²) in [6, 6.07) is 1.33. The van der Waals surface area contributed by atoms with E-state index < -0.39 is 0 Å². The summed E-state index contributed by atoms with van der Waals surface area (Å²) in [5.41, 5.74) is 1.25. The zero-order valence-electron chi connectivity index (χ0n) is 15.3. The van der Waals surface area contributed by atoms with Crippen molar-refractivity contribution in [3.05, 3.63) is 16.1 Å².